The van der Waals surface area contributed by atoms with Crippen LogP contribution >= 0.6 is 11.8 Å². The summed E-state index contributed by atoms with van der Waals surface area (Å²) in [6.07, 6.45) is -0.305. The maximum Gasteiger partial charge on any atom is 0.338 e. The minimum absolute atomic E-state index is 0.140. The van der Waals surface area contributed by atoms with Crippen molar-refractivity contribution < 1.29 is 14.3 Å². The van der Waals surface area contributed by atoms with E-state index in [1.807, 2.05) is 24.3 Å². The molecule has 5 heteroatoms. The predicted octanol–water partition coefficient (Wildman–Crippen LogP) is 2.76. The first kappa shape index (κ1) is 15.6. The van der Waals surface area contributed by atoms with Crippen LogP contribution in [-0.4, -0.2) is 35.5 Å². The molecule has 0 unspecified atom stereocenters. The Balaban J connectivity index is 1.62. The predicted molar refractivity (Wildman–Crippen MR) is 90.7 cm³/mol. The maximum atomic E-state index is 12.2. The summed E-state index contributed by atoms with van der Waals surface area (Å²) in [6, 6.07) is 17.8. The molecule has 1 aliphatic rings. The Morgan fingerprint density at radius 2 is 1.52 bits per heavy atom. The van der Waals surface area contributed by atoms with Crippen LogP contribution in [0.1, 0.15) is 20.7 Å². The minimum Gasteiger partial charge on any atom is -0.456 e. The molecule has 1 saturated heterocycles. The molecule has 4 nitrogen and oxygen atoms in total. The first-order valence-corrected chi connectivity index (χ1v) is 8.59. The Bertz CT molecular complexity index is 616. The Kier molecular flexibility index (Phi) is 4.98. The number of carbonyl (C=O) groups excluding carboxylic acids is 2. The van der Waals surface area contributed by atoms with Crippen LogP contribution in [0.5, 0.6) is 0 Å². The van der Waals surface area contributed by atoms with E-state index < -0.39 is 0 Å². The fraction of sp³-hybridized carbons (Fsp3) is 0.222. The molecule has 23 heavy (non-hydrogen) atoms. The second-order valence-electron chi connectivity index (χ2n) is 5.29. The number of thioether (sulfide) groups is 1. The summed E-state index contributed by atoms with van der Waals surface area (Å²) in [5.41, 5.74) is 1.13. The molecule has 0 radical (unpaired) electrons. The molecule has 1 aliphatic heterocycles. The molecule has 0 bridgehead atoms. The summed E-state index contributed by atoms with van der Waals surface area (Å²) in [7, 11) is 0. The topological polar surface area (TPSA) is 55.4 Å². The summed E-state index contributed by atoms with van der Waals surface area (Å²) >= 11 is 1.67. The molecule has 1 amide bonds. The molecule has 0 aromatic heterocycles. The van der Waals surface area contributed by atoms with E-state index in [1.165, 1.54) is 0 Å². The standard InChI is InChI=1S/C18H17NO3S/c20-17(13-7-3-1-4-8-13)19-15-11-23-12-16(15)22-18(21)14-9-5-2-6-10-14/h1-10,15-16H,11-12H2,(H,19,20)/t15-,16-/m1/s1. The van der Waals surface area contributed by atoms with Crippen LogP contribution in [0.25, 0.3) is 0 Å². The number of nitrogens with one attached hydrogen (secondary N) is 1. The molecule has 1 fully saturated rings. The second kappa shape index (κ2) is 7.33. The van der Waals surface area contributed by atoms with Gasteiger partial charge in [-0.25, -0.2) is 4.79 Å². The van der Waals surface area contributed by atoms with Gasteiger partial charge in [-0.2, -0.15) is 11.8 Å². The third kappa shape index (κ3) is 3.93. The number of carbonyl (C=O) groups is 2. The molecule has 2 aromatic carbocycles. The van der Waals surface area contributed by atoms with Crippen molar-refractivity contribution in [2.75, 3.05) is 11.5 Å². The van der Waals surface area contributed by atoms with Gasteiger partial charge in [-0.3, -0.25) is 4.79 Å². The zero-order valence-electron chi connectivity index (χ0n) is 12.5. The van der Waals surface area contributed by atoms with Crippen LogP contribution in [0.3, 0.4) is 0 Å². The van der Waals surface area contributed by atoms with Gasteiger partial charge in [-0.1, -0.05) is 36.4 Å². The van der Waals surface area contributed by atoms with Crippen LogP contribution in [0.4, 0.5) is 0 Å². The Labute approximate surface area is 139 Å². The molecule has 0 spiro atoms. The molecule has 0 aliphatic carbocycles. The lowest BCUT2D eigenvalue weighted by Crippen LogP contribution is -2.44. The Hall–Kier alpha value is -2.27. The van der Waals surface area contributed by atoms with E-state index in [0.717, 1.165) is 5.75 Å². The van der Waals surface area contributed by atoms with Gasteiger partial charge in [0.25, 0.3) is 5.91 Å². The molecular formula is C18H17NO3S. The fourth-order valence-electron chi connectivity index (χ4n) is 2.41. The third-order valence-corrected chi connectivity index (χ3v) is 4.81. The summed E-state index contributed by atoms with van der Waals surface area (Å²) in [5, 5.41) is 2.97. The van der Waals surface area contributed by atoms with E-state index in [0.29, 0.717) is 16.9 Å². The fourth-order valence-corrected chi connectivity index (χ4v) is 3.63. The molecule has 1 N–H and O–H groups in total. The number of amides is 1. The largest absolute Gasteiger partial charge is 0.456 e. The molecule has 3 rings (SSSR count). The van der Waals surface area contributed by atoms with Crippen LogP contribution in [-0.2, 0) is 4.74 Å². The zero-order valence-corrected chi connectivity index (χ0v) is 13.3. The molecular weight excluding hydrogens is 310 g/mol. The van der Waals surface area contributed by atoms with E-state index in [9.17, 15) is 9.59 Å². The van der Waals surface area contributed by atoms with Gasteiger partial charge in [0.1, 0.15) is 6.10 Å². The Morgan fingerprint density at radius 1 is 0.913 bits per heavy atom. The van der Waals surface area contributed by atoms with Gasteiger partial charge < -0.3 is 10.1 Å². The van der Waals surface area contributed by atoms with Crippen molar-refractivity contribution >= 4 is 23.6 Å². The van der Waals surface area contributed by atoms with Crippen molar-refractivity contribution in [3.8, 4) is 0 Å². The van der Waals surface area contributed by atoms with Crippen LogP contribution in [0.15, 0.2) is 60.7 Å². The average Bonchev–Trinajstić information content (AvgIpc) is 3.03. The lowest BCUT2D eigenvalue weighted by Gasteiger charge is -2.20. The molecule has 118 valence electrons. The van der Waals surface area contributed by atoms with Crippen LogP contribution < -0.4 is 5.32 Å². The van der Waals surface area contributed by atoms with Crippen molar-refractivity contribution in [2.24, 2.45) is 0 Å². The van der Waals surface area contributed by atoms with Gasteiger partial charge in [-0.05, 0) is 24.3 Å². The summed E-state index contributed by atoms with van der Waals surface area (Å²) in [4.78, 5) is 24.4. The third-order valence-electron chi connectivity index (χ3n) is 3.65. The number of rotatable bonds is 4. The Morgan fingerprint density at radius 3 is 2.17 bits per heavy atom. The number of hydrogen-bond donors (Lipinski definition) is 1. The quantitative estimate of drug-likeness (QED) is 0.878. The average molecular weight is 327 g/mol. The van der Waals surface area contributed by atoms with Gasteiger partial charge in [0.15, 0.2) is 0 Å². The van der Waals surface area contributed by atoms with Crippen LogP contribution in [0, 0.1) is 0 Å². The van der Waals surface area contributed by atoms with E-state index in [1.54, 1.807) is 48.2 Å². The SMILES string of the molecule is O=C(N[C@@H]1CSC[C@H]1OC(=O)c1ccccc1)c1ccccc1. The molecule has 2 aromatic rings. The van der Waals surface area contributed by atoms with Crippen molar-refractivity contribution in [3.05, 3.63) is 71.8 Å². The van der Waals surface area contributed by atoms with E-state index in [2.05, 4.69) is 5.32 Å². The smallest absolute Gasteiger partial charge is 0.338 e. The van der Waals surface area contributed by atoms with Crippen molar-refractivity contribution in [3.63, 3.8) is 0 Å². The van der Waals surface area contributed by atoms with E-state index in [4.69, 9.17) is 4.74 Å². The summed E-state index contributed by atoms with van der Waals surface area (Å²) < 4.78 is 5.57. The van der Waals surface area contributed by atoms with E-state index >= 15 is 0 Å². The zero-order chi connectivity index (χ0) is 16.1. The highest BCUT2D eigenvalue weighted by Crippen LogP contribution is 2.22. The lowest BCUT2D eigenvalue weighted by molar-refractivity contribution is 0.0293. The number of hydrogen-bond acceptors (Lipinski definition) is 4. The first-order valence-electron chi connectivity index (χ1n) is 7.44. The molecule has 1 heterocycles. The molecule has 2 atom stereocenters. The highest BCUT2D eigenvalue weighted by atomic mass is 32.2. The number of esters is 1. The van der Waals surface area contributed by atoms with Crippen molar-refractivity contribution in [1.82, 2.24) is 5.32 Å². The second-order valence-corrected chi connectivity index (χ2v) is 6.37. The number of ether oxygens (including phenoxy) is 1. The van der Waals surface area contributed by atoms with Gasteiger partial charge in [-0.15, -0.1) is 0 Å². The molecule has 0 saturated carbocycles. The van der Waals surface area contributed by atoms with Gasteiger partial charge >= 0.3 is 5.97 Å². The van der Waals surface area contributed by atoms with Gasteiger partial charge in [0, 0.05) is 17.1 Å². The number of benzene rings is 2. The van der Waals surface area contributed by atoms with Crippen molar-refractivity contribution in [2.45, 2.75) is 12.1 Å². The minimum atomic E-state index is -0.350. The first-order chi connectivity index (χ1) is 11.2. The summed E-state index contributed by atoms with van der Waals surface area (Å²) in [6.45, 7) is 0. The van der Waals surface area contributed by atoms with Crippen molar-refractivity contribution in [1.29, 1.82) is 0 Å². The summed E-state index contributed by atoms with van der Waals surface area (Å²) in [5.74, 6) is 0.944. The maximum absolute atomic E-state index is 12.2. The highest BCUT2D eigenvalue weighted by molar-refractivity contribution is 7.99. The van der Waals surface area contributed by atoms with Crippen LogP contribution in [0.2, 0.25) is 0 Å². The lowest BCUT2D eigenvalue weighted by atomic mass is 10.1. The van der Waals surface area contributed by atoms with Gasteiger partial charge in [0.05, 0.1) is 11.6 Å². The monoisotopic (exact) mass is 327 g/mol. The highest BCUT2D eigenvalue weighted by Gasteiger charge is 2.32. The normalized spacial score (nSPS) is 20.0. The van der Waals surface area contributed by atoms with Gasteiger partial charge in [0.2, 0.25) is 0 Å². The van der Waals surface area contributed by atoms with E-state index in [-0.39, 0.29) is 24.0 Å².